The van der Waals surface area contributed by atoms with Crippen molar-refractivity contribution in [1.29, 1.82) is 0 Å². The minimum atomic E-state index is -0.148. The van der Waals surface area contributed by atoms with E-state index < -0.39 is 0 Å². The molecule has 2 aromatic heterocycles. The van der Waals surface area contributed by atoms with Crippen LogP contribution in [0.1, 0.15) is 24.8 Å². The highest BCUT2D eigenvalue weighted by Crippen LogP contribution is 2.42. The van der Waals surface area contributed by atoms with E-state index in [0.29, 0.717) is 6.54 Å². The van der Waals surface area contributed by atoms with Gasteiger partial charge in [0.05, 0.1) is 28.3 Å². The molecule has 4 aliphatic rings. The minimum Gasteiger partial charge on any atom is -0.397 e. The third-order valence-corrected chi connectivity index (χ3v) is 13.9. The lowest BCUT2D eigenvalue weighted by molar-refractivity contribution is 0.697. The molecule has 5 heteroatoms. The third kappa shape index (κ3) is 7.11. The van der Waals surface area contributed by atoms with Crippen molar-refractivity contribution in [2.75, 3.05) is 16.0 Å². The molecule has 8 aromatic rings. The number of allylic oxidation sites excluding steroid dienone is 16. The quantitative estimate of drug-likeness (QED) is 0.157. The number of nitrogens with zero attached hydrogens (tertiary/aromatic N) is 3. The molecule has 6 aromatic carbocycles. The van der Waals surface area contributed by atoms with E-state index >= 15 is 0 Å². The van der Waals surface area contributed by atoms with E-state index in [2.05, 4.69) is 220 Å². The van der Waals surface area contributed by atoms with Crippen molar-refractivity contribution in [3.63, 3.8) is 0 Å². The molecule has 1 aliphatic heterocycles. The molecule has 3 aliphatic carbocycles. The molecule has 0 saturated heterocycles. The lowest BCUT2D eigenvalue weighted by Gasteiger charge is -2.28. The second-order valence-electron chi connectivity index (χ2n) is 17.9. The van der Waals surface area contributed by atoms with Gasteiger partial charge < -0.3 is 25.1 Å². The second kappa shape index (κ2) is 16.9. The number of nitrogens with two attached hydrogens (primary N) is 1. The highest BCUT2D eigenvalue weighted by atomic mass is 15.1. The van der Waals surface area contributed by atoms with E-state index in [4.69, 9.17) is 12.3 Å². The first-order chi connectivity index (χ1) is 33.1. The van der Waals surface area contributed by atoms with Crippen molar-refractivity contribution in [2.45, 2.75) is 38.3 Å². The fraction of sp³-hybridized carbons (Fsp3) is 0.0968. The number of benzene rings is 6. The van der Waals surface area contributed by atoms with Crippen LogP contribution in [0, 0.1) is 0 Å². The third-order valence-electron chi connectivity index (χ3n) is 13.9. The highest BCUT2D eigenvalue weighted by Gasteiger charge is 2.26. The number of hydrogen-bond acceptors (Lipinski definition) is 3. The van der Waals surface area contributed by atoms with Crippen LogP contribution in [0.3, 0.4) is 0 Å². The van der Waals surface area contributed by atoms with Gasteiger partial charge in [0.25, 0.3) is 0 Å². The number of aromatic nitrogens is 2. The molecule has 1 atom stereocenters. The minimum absolute atomic E-state index is 0.148. The van der Waals surface area contributed by atoms with Crippen LogP contribution in [-0.4, -0.2) is 15.2 Å². The molecule has 0 bridgehead atoms. The number of nitrogen functional groups attached to an aromatic ring is 1. The standard InChI is InChI=1S/C62H51N5/c1-42-33-34-43-19-5-4-6-21-45(43)39-46-22-10-16-30-56(46)66(42)48-36-38-57-52(40-48)61-49-25-11-9-20-44(49)35-37-59(61)65(57)41-55(64-54-29-15-14-28-53(54)63)50-26-12-18-32-60-62(50)51-27-13-17-31-58(51)67(60)47-23-7-2-3-8-24-47/h2-7,9-20,22-25,27-38,40,55,64H,1,8,21,26,39,41,63H2/b34-33-. The van der Waals surface area contributed by atoms with Gasteiger partial charge in [-0.05, 0) is 120 Å². The zero-order valence-corrected chi connectivity index (χ0v) is 37.4. The van der Waals surface area contributed by atoms with Gasteiger partial charge in [-0.1, -0.05) is 158 Å². The smallest absolute Gasteiger partial charge is 0.0666 e. The van der Waals surface area contributed by atoms with Gasteiger partial charge in [-0.3, -0.25) is 0 Å². The molecule has 324 valence electrons. The van der Waals surface area contributed by atoms with Crippen molar-refractivity contribution in [3.8, 4) is 0 Å². The summed E-state index contributed by atoms with van der Waals surface area (Å²) in [5.74, 6) is 0. The van der Waals surface area contributed by atoms with E-state index in [1.54, 1.807) is 0 Å². The first kappa shape index (κ1) is 40.2. The summed E-state index contributed by atoms with van der Waals surface area (Å²) in [4.78, 5) is 2.35. The number of rotatable bonds is 7. The van der Waals surface area contributed by atoms with Crippen LogP contribution in [0.5, 0.6) is 0 Å². The normalized spacial score (nSPS) is 16.7. The Bertz CT molecular complexity index is 3740. The number of para-hydroxylation sites is 4. The highest BCUT2D eigenvalue weighted by molar-refractivity contribution is 6.21. The van der Waals surface area contributed by atoms with Gasteiger partial charge in [-0.25, -0.2) is 0 Å². The average molecular weight is 866 g/mol. The van der Waals surface area contributed by atoms with Crippen LogP contribution in [-0.2, 0) is 13.0 Å². The number of fused-ring (bicyclic) bond motifs is 9. The van der Waals surface area contributed by atoms with Gasteiger partial charge in [0.15, 0.2) is 0 Å². The Morgan fingerprint density at radius 3 is 2.39 bits per heavy atom. The lowest BCUT2D eigenvalue weighted by Crippen LogP contribution is -2.37. The van der Waals surface area contributed by atoms with Crippen molar-refractivity contribution in [3.05, 3.63) is 246 Å². The van der Waals surface area contributed by atoms with Gasteiger partial charge in [-0.15, -0.1) is 0 Å². The van der Waals surface area contributed by atoms with Crippen LogP contribution in [0.2, 0.25) is 0 Å². The van der Waals surface area contributed by atoms with Gasteiger partial charge >= 0.3 is 0 Å². The number of nitrogens with one attached hydrogen (secondary N) is 1. The van der Waals surface area contributed by atoms with Crippen LogP contribution in [0.4, 0.5) is 22.7 Å². The Morgan fingerprint density at radius 2 is 1.45 bits per heavy atom. The Kier molecular flexibility index (Phi) is 10.2. The summed E-state index contributed by atoms with van der Waals surface area (Å²) in [6.45, 7) is 5.38. The summed E-state index contributed by atoms with van der Waals surface area (Å²) in [5, 5.41) is 12.7. The molecule has 0 radical (unpaired) electrons. The predicted molar refractivity (Wildman–Crippen MR) is 286 cm³/mol. The molecule has 0 fully saturated rings. The first-order valence-electron chi connectivity index (χ1n) is 23.5. The van der Waals surface area contributed by atoms with Crippen LogP contribution >= 0.6 is 0 Å². The van der Waals surface area contributed by atoms with Crippen LogP contribution < -0.4 is 26.5 Å². The van der Waals surface area contributed by atoms with Gasteiger partial charge in [0, 0.05) is 61.7 Å². The van der Waals surface area contributed by atoms with E-state index in [1.165, 1.54) is 82.0 Å². The summed E-state index contributed by atoms with van der Waals surface area (Å²) < 4.78 is 4.99. The van der Waals surface area contributed by atoms with E-state index in [9.17, 15) is 0 Å². The number of anilines is 4. The Morgan fingerprint density at radius 1 is 0.657 bits per heavy atom. The Labute approximate surface area is 391 Å². The fourth-order valence-corrected chi connectivity index (χ4v) is 10.8. The SMILES string of the molecule is C=C1/C=C\C2=C(CC=CC=C2)Cc2ccccc2N1c1ccc2c(c1)c1c3ccccc3ccc1n2CC(Nc1ccccc1N)C1=c2c(n(C3=CCC=CC=C3)c3ccccc23)=CC=CC1. The summed E-state index contributed by atoms with van der Waals surface area (Å²) >= 11 is 0. The molecule has 0 amide bonds. The Balaban J connectivity index is 1.08. The molecule has 0 spiro atoms. The van der Waals surface area contributed by atoms with Crippen molar-refractivity contribution in [1.82, 2.24) is 9.13 Å². The predicted octanol–water partition coefficient (Wildman–Crippen LogP) is 13.5. The average Bonchev–Trinajstić information content (AvgIpc) is 3.52. The van der Waals surface area contributed by atoms with Crippen LogP contribution in [0.25, 0.3) is 60.8 Å². The molecule has 3 heterocycles. The molecular formula is C62H51N5. The van der Waals surface area contributed by atoms with E-state index in [1.807, 2.05) is 12.1 Å². The van der Waals surface area contributed by atoms with Gasteiger partial charge in [0.2, 0.25) is 0 Å². The topological polar surface area (TPSA) is 51.1 Å². The van der Waals surface area contributed by atoms with E-state index in [-0.39, 0.29) is 6.04 Å². The molecule has 12 rings (SSSR count). The maximum absolute atomic E-state index is 6.80. The fourth-order valence-electron chi connectivity index (χ4n) is 10.8. The lowest BCUT2D eigenvalue weighted by atomic mass is 9.96. The van der Waals surface area contributed by atoms with Crippen LogP contribution in [0.15, 0.2) is 230 Å². The zero-order valence-electron chi connectivity index (χ0n) is 37.4. The zero-order chi connectivity index (χ0) is 44.8. The maximum atomic E-state index is 6.80. The van der Waals surface area contributed by atoms with Crippen molar-refractivity contribution >= 4 is 83.6 Å². The summed E-state index contributed by atoms with van der Waals surface area (Å²) in [6.07, 6.45) is 34.5. The largest absolute Gasteiger partial charge is 0.397 e. The molecular weight excluding hydrogens is 815 g/mol. The number of hydrogen-bond donors (Lipinski definition) is 2. The van der Waals surface area contributed by atoms with E-state index in [0.717, 1.165) is 54.1 Å². The maximum Gasteiger partial charge on any atom is 0.0666 e. The summed E-state index contributed by atoms with van der Waals surface area (Å²) in [6, 6.07) is 46.2. The monoisotopic (exact) mass is 865 g/mol. The van der Waals surface area contributed by atoms with Crippen molar-refractivity contribution < 1.29 is 0 Å². The van der Waals surface area contributed by atoms with Gasteiger partial charge in [-0.2, -0.15) is 0 Å². The Hall–Kier alpha value is -8.28. The second-order valence-corrected chi connectivity index (χ2v) is 17.9. The molecule has 67 heavy (non-hydrogen) atoms. The molecule has 3 N–H and O–H groups in total. The first-order valence-corrected chi connectivity index (χ1v) is 23.5. The summed E-state index contributed by atoms with van der Waals surface area (Å²) in [7, 11) is 0. The summed E-state index contributed by atoms with van der Waals surface area (Å²) in [5.41, 5.74) is 21.6. The van der Waals surface area contributed by atoms with Gasteiger partial charge in [0.1, 0.15) is 0 Å². The molecule has 1 unspecified atom stereocenters. The van der Waals surface area contributed by atoms with Crippen molar-refractivity contribution in [2.24, 2.45) is 0 Å². The molecule has 0 saturated carbocycles. The molecule has 5 nitrogen and oxygen atoms in total.